The Morgan fingerprint density at radius 2 is 2.03 bits per heavy atom. The van der Waals surface area contributed by atoms with E-state index in [9.17, 15) is 4.79 Å². The number of benzene rings is 1. The van der Waals surface area contributed by atoms with Gasteiger partial charge in [0.15, 0.2) is 5.82 Å². The maximum Gasteiger partial charge on any atom is 0.246 e. The van der Waals surface area contributed by atoms with Crippen LogP contribution in [0.1, 0.15) is 18.4 Å². The molecule has 1 saturated heterocycles. The van der Waals surface area contributed by atoms with Gasteiger partial charge in [0.2, 0.25) is 11.9 Å². The minimum atomic E-state index is 0.0520. The molecular formula is C22H24N6O2. The Morgan fingerprint density at radius 1 is 1.20 bits per heavy atom. The van der Waals surface area contributed by atoms with Crippen molar-refractivity contribution in [3.63, 3.8) is 0 Å². The van der Waals surface area contributed by atoms with Crippen molar-refractivity contribution < 1.29 is 9.53 Å². The first-order chi connectivity index (χ1) is 14.6. The van der Waals surface area contributed by atoms with Crippen LogP contribution in [0.4, 0.5) is 23.1 Å². The van der Waals surface area contributed by atoms with E-state index < -0.39 is 0 Å². The molecule has 1 amide bonds. The summed E-state index contributed by atoms with van der Waals surface area (Å²) in [5.41, 5.74) is 3.70. The lowest BCUT2D eigenvalue weighted by Crippen LogP contribution is -2.50. The molecule has 0 saturated carbocycles. The van der Waals surface area contributed by atoms with Crippen molar-refractivity contribution in [2.75, 3.05) is 41.9 Å². The van der Waals surface area contributed by atoms with Crippen LogP contribution < -0.4 is 15.1 Å². The standard InChI is InChI=1S/C22H24N6O2/c1-14-10-18-15(4-3-7-23-18)11-17(14)25-22-24-12-19-21(26-22)28(13-20(29)27(19)2)16-5-8-30-9-6-16/h3-4,7,10-12,16H,5-6,8-9,13H2,1-2H3,(H,24,25,26). The predicted molar refractivity (Wildman–Crippen MR) is 116 cm³/mol. The maximum absolute atomic E-state index is 12.5. The monoisotopic (exact) mass is 404 g/mol. The zero-order valence-corrected chi connectivity index (χ0v) is 17.1. The summed E-state index contributed by atoms with van der Waals surface area (Å²) in [6, 6.07) is 8.32. The maximum atomic E-state index is 12.5. The number of aryl methyl sites for hydroxylation is 1. The summed E-state index contributed by atoms with van der Waals surface area (Å²) in [5, 5.41) is 4.41. The molecule has 8 nitrogen and oxygen atoms in total. The molecule has 0 bridgehead atoms. The number of ether oxygens (including phenoxy) is 1. The quantitative estimate of drug-likeness (QED) is 0.718. The van der Waals surface area contributed by atoms with Crippen LogP contribution in [0.25, 0.3) is 10.9 Å². The molecule has 2 aromatic heterocycles. The molecule has 0 spiro atoms. The minimum Gasteiger partial charge on any atom is -0.381 e. The molecule has 1 fully saturated rings. The number of fused-ring (bicyclic) bond motifs is 2. The molecule has 3 aromatic rings. The molecule has 8 heteroatoms. The van der Waals surface area contributed by atoms with Crippen LogP contribution in [0.5, 0.6) is 0 Å². The highest BCUT2D eigenvalue weighted by Gasteiger charge is 2.34. The van der Waals surface area contributed by atoms with Gasteiger partial charge in [-0.1, -0.05) is 6.07 Å². The molecule has 0 unspecified atom stereocenters. The molecule has 5 rings (SSSR count). The Balaban J connectivity index is 1.50. The van der Waals surface area contributed by atoms with Gasteiger partial charge in [-0.25, -0.2) is 4.98 Å². The van der Waals surface area contributed by atoms with Gasteiger partial charge in [-0.05, 0) is 43.5 Å². The highest BCUT2D eigenvalue weighted by Crippen LogP contribution is 2.35. The number of anilines is 4. The van der Waals surface area contributed by atoms with Crippen LogP contribution in [0.2, 0.25) is 0 Å². The van der Waals surface area contributed by atoms with E-state index in [1.54, 1.807) is 24.3 Å². The number of hydrogen-bond donors (Lipinski definition) is 1. The number of aromatic nitrogens is 3. The molecular weight excluding hydrogens is 380 g/mol. The van der Waals surface area contributed by atoms with Crippen molar-refractivity contribution in [3.8, 4) is 0 Å². The number of amides is 1. The van der Waals surface area contributed by atoms with E-state index >= 15 is 0 Å². The van der Waals surface area contributed by atoms with E-state index in [4.69, 9.17) is 9.72 Å². The first-order valence-corrected chi connectivity index (χ1v) is 10.2. The number of carbonyl (C=O) groups excluding carboxylic acids is 1. The number of carbonyl (C=O) groups is 1. The average molecular weight is 404 g/mol. The fourth-order valence-electron chi connectivity index (χ4n) is 4.11. The summed E-state index contributed by atoms with van der Waals surface area (Å²) in [6.45, 7) is 3.78. The van der Waals surface area contributed by atoms with E-state index in [1.165, 1.54) is 0 Å². The second-order valence-corrected chi connectivity index (χ2v) is 7.81. The first kappa shape index (κ1) is 18.7. The molecule has 154 valence electrons. The summed E-state index contributed by atoms with van der Waals surface area (Å²) in [4.78, 5) is 30.0. The summed E-state index contributed by atoms with van der Waals surface area (Å²) in [5.74, 6) is 1.36. The highest BCUT2D eigenvalue weighted by molar-refractivity contribution is 6.02. The molecule has 2 aliphatic heterocycles. The Labute approximate surface area is 174 Å². The third-order valence-electron chi connectivity index (χ3n) is 5.89. The van der Waals surface area contributed by atoms with E-state index in [1.807, 2.05) is 19.1 Å². The number of likely N-dealkylation sites (N-methyl/N-ethyl adjacent to an activating group) is 1. The number of hydrogen-bond acceptors (Lipinski definition) is 7. The van der Waals surface area contributed by atoms with Crippen molar-refractivity contribution in [2.45, 2.75) is 25.8 Å². The van der Waals surface area contributed by atoms with E-state index in [-0.39, 0.29) is 11.9 Å². The van der Waals surface area contributed by atoms with Crippen molar-refractivity contribution in [3.05, 3.63) is 42.2 Å². The molecule has 2 aliphatic rings. The molecule has 0 atom stereocenters. The lowest BCUT2D eigenvalue weighted by molar-refractivity contribution is -0.117. The summed E-state index contributed by atoms with van der Waals surface area (Å²) in [6.07, 6.45) is 5.30. The van der Waals surface area contributed by atoms with Gasteiger partial charge in [-0.2, -0.15) is 4.98 Å². The fourth-order valence-corrected chi connectivity index (χ4v) is 4.11. The molecule has 30 heavy (non-hydrogen) atoms. The molecule has 0 radical (unpaired) electrons. The second kappa shape index (κ2) is 7.53. The van der Waals surface area contributed by atoms with Gasteiger partial charge in [0.05, 0.1) is 18.3 Å². The number of rotatable bonds is 3. The predicted octanol–water partition coefficient (Wildman–Crippen LogP) is 3.04. The van der Waals surface area contributed by atoms with Gasteiger partial charge in [-0.3, -0.25) is 9.78 Å². The lowest BCUT2D eigenvalue weighted by atomic mass is 10.1. The Hall–Kier alpha value is -3.26. The Morgan fingerprint density at radius 3 is 2.87 bits per heavy atom. The first-order valence-electron chi connectivity index (χ1n) is 10.2. The lowest BCUT2D eigenvalue weighted by Gasteiger charge is -2.40. The zero-order valence-electron chi connectivity index (χ0n) is 17.1. The van der Waals surface area contributed by atoms with Gasteiger partial charge in [-0.15, -0.1) is 0 Å². The number of pyridine rings is 1. The highest BCUT2D eigenvalue weighted by atomic mass is 16.5. The van der Waals surface area contributed by atoms with Gasteiger partial charge in [0.1, 0.15) is 5.69 Å². The Bertz CT molecular complexity index is 1110. The number of nitrogens with zero attached hydrogens (tertiary/aromatic N) is 5. The zero-order chi connectivity index (χ0) is 20.7. The van der Waals surface area contributed by atoms with E-state index in [0.717, 1.165) is 46.5 Å². The summed E-state index contributed by atoms with van der Waals surface area (Å²) >= 11 is 0. The smallest absolute Gasteiger partial charge is 0.246 e. The van der Waals surface area contributed by atoms with Gasteiger partial charge in [0.25, 0.3) is 0 Å². The van der Waals surface area contributed by atoms with Crippen LogP contribution in [0.3, 0.4) is 0 Å². The molecule has 4 heterocycles. The van der Waals surface area contributed by atoms with Crippen molar-refractivity contribution in [1.29, 1.82) is 0 Å². The number of nitrogens with one attached hydrogen (secondary N) is 1. The van der Waals surface area contributed by atoms with Gasteiger partial charge in [0, 0.05) is 43.6 Å². The normalized spacial score (nSPS) is 17.3. The Kier molecular flexibility index (Phi) is 4.71. The molecule has 1 aromatic carbocycles. The summed E-state index contributed by atoms with van der Waals surface area (Å²) < 4.78 is 5.51. The minimum absolute atomic E-state index is 0.0520. The fraction of sp³-hybridized carbons (Fsp3) is 0.364. The van der Waals surface area contributed by atoms with Gasteiger partial charge < -0.3 is 19.9 Å². The second-order valence-electron chi connectivity index (χ2n) is 7.81. The van der Waals surface area contributed by atoms with E-state index in [2.05, 4.69) is 32.3 Å². The third-order valence-corrected chi connectivity index (χ3v) is 5.89. The van der Waals surface area contributed by atoms with Crippen molar-refractivity contribution in [2.24, 2.45) is 0 Å². The third kappa shape index (κ3) is 3.33. The largest absolute Gasteiger partial charge is 0.381 e. The average Bonchev–Trinajstić information content (AvgIpc) is 2.77. The van der Waals surface area contributed by atoms with Crippen LogP contribution in [0.15, 0.2) is 36.7 Å². The SMILES string of the molecule is Cc1cc2ncccc2cc1Nc1ncc2c(n1)N(C1CCOCC1)CC(=O)N2C. The van der Waals surface area contributed by atoms with Crippen LogP contribution in [-0.4, -0.2) is 53.7 Å². The molecule has 0 aliphatic carbocycles. The van der Waals surface area contributed by atoms with Crippen LogP contribution in [0, 0.1) is 6.92 Å². The van der Waals surface area contributed by atoms with Gasteiger partial charge >= 0.3 is 0 Å². The van der Waals surface area contributed by atoms with Crippen LogP contribution in [-0.2, 0) is 9.53 Å². The van der Waals surface area contributed by atoms with Crippen LogP contribution >= 0.6 is 0 Å². The van der Waals surface area contributed by atoms with Crippen molar-refractivity contribution in [1.82, 2.24) is 15.0 Å². The van der Waals surface area contributed by atoms with E-state index in [0.29, 0.717) is 25.7 Å². The topological polar surface area (TPSA) is 83.5 Å². The van der Waals surface area contributed by atoms with Crippen molar-refractivity contribution >= 4 is 40.0 Å². The summed E-state index contributed by atoms with van der Waals surface area (Å²) in [7, 11) is 1.78. The molecule has 1 N–H and O–H groups in total.